The molecular formula is C26H22ClN3O. The lowest BCUT2D eigenvalue weighted by Crippen LogP contribution is -2.22. The largest absolute Gasteiger partial charge is 0.354 e. The van der Waals surface area contributed by atoms with E-state index in [9.17, 15) is 4.79 Å². The number of nitrogens with zero attached hydrogens (tertiary/aromatic N) is 1. The molecule has 154 valence electrons. The maximum Gasteiger partial charge on any atom is 0.251 e. The highest BCUT2D eigenvalue weighted by Gasteiger charge is 2.09. The lowest BCUT2D eigenvalue weighted by atomic mass is 10.0. The van der Waals surface area contributed by atoms with Crippen LogP contribution in [0.5, 0.6) is 0 Å². The Kier molecular flexibility index (Phi) is 5.74. The summed E-state index contributed by atoms with van der Waals surface area (Å²) in [6.45, 7) is 2.47. The third-order valence-electron chi connectivity index (χ3n) is 5.41. The molecule has 0 aliphatic carbocycles. The minimum atomic E-state index is -0.0793. The second-order valence-electron chi connectivity index (χ2n) is 7.50. The average Bonchev–Trinajstić information content (AvgIpc) is 3.15. The van der Waals surface area contributed by atoms with E-state index in [2.05, 4.69) is 39.6 Å². The first-order valence-corrected chi connectivity index (χ1v) is 9.98. The number of benzene rings is 3. The monoisotopic (exact) mass is 427 g/mol. The van der Waals surface area contributed by atoms with Crippen LogP contribution in [-0.4, -0.2) is 15.9 Å². The molecule has 2 heterocycles. The van der Waals surface area contributed by atoms with E-state index in [0.29, 0.717) is 12.1 Å². The molecule has 0 radical (unpaired) electrons. The normalized spacial score (nSPS) is 10.7. The Bertz CT molecular complexity index is 1370. The Morgan fingerprint density at radius 3 is 2.45 bits per heavy atom. The van der Waals surface area contributed by atoms with Crippen molar-refractivity contribution in [2.24, 2.45) is 0 Å². The number of halogens is 1. The summed E-state index contributed by atoms with van der Waals surface area (Å²) >= 11 is 0. The number of aromatic nitrogens is 2. The number of nitrogens with one attached hydrogen (secondary N) is 2. The molecule has 31 heavy (non-hydrogen) atoms. The number of carbonyl (C=O) groups is 1. The van der Waals surface area contributed by atoms with Crippen LogP contribution >= 0.6 is 12.4 Å². The quantitative estimate of drug-likeness (QED) is 0.367. The fourth-order valence-corrected chi connectivity index (χ4v) is 3.82. The fourth-order valence-electron chi connectivity index (χ4n) is 3.82. The summed E-state index contributed by atoms with van der Waals surface area (Å²) in [5.74, 6) is -0.0793. The molecule has 2 N–H and O–H groups in total. The van der Waals surface area contributed by atoms with Gasteiger partial charge in [0.25, 0.3) is 5.91 Å². The van der Waals surface area contributed by atoms with E-state index in [4.69, 9.17) is 0 Å². The molecule has 0 bridgehead atoms. The highest BCUT2D eigenvalue weighted by molar-refractivity contribution is 6.09. The van der Waals surface area contributed by atoms with Gasteiger partial charge in [-0.2, -0.15) is 0 Å². The Hall–Kier alpha value is -3.63. The van der Waals surface area contributed by atoms with Gasteiger partial charge in [-0.05, 0) is 53.9 Å². The van der Waals surface area contributed by atoms with Crippen LogP contribution in [-0.2, 0) is 6.54 Å². The highest BCUT2D eigenvalue weighted by Crippen LogP contribution is 2.26. The first kappa shape index (κ1) is 20.6. The van der Waals surface area contributed by atoms with Crippen LogP contribution in [0.3, 0.4) is 0 Å². The van der Waals surface area contributed by atoms with Crippen molar-refractivity contribution >= 4 is 40.1 Å². The number of para-hydroxylation sites is 1. The molecule has 0 aliphatic heterocycles. The van der Waals surface area contributed by atoms with Gasteiger partial charge in [-0.3, -0.25) is 9.78 Å². The van der Waals surface area contributed by atoms with Crippen molar-refractivity contribution in [1.82, 2.24) is 15.3 Å². The molecule has 0 fully saturated rings. The van der Waals surface area contributed by atoms with Gasteiger partial charge < -0.3 is 10.3 Å². The van der Waals surface area contributed by atoms with E-state index >= 15 is 0 Å². The predicted molar refractivity (Wildman–Crippen MR) is 129 cm³/mol. The molecule has 0 atom stereocenters. The Labute approximate surface area is 186 Å². The Morgan fingerprint density at radius 1 is 0.871 bits per heavy atom. The molecule has 3 aromatic carbocycles. The van der Waals surface area contributed by atoms with Gasteiger partial charge in [-0.25, -0.2) is 0 Å². The number of hydrogen-bond donors (Lipinski definition) is 2. The van der Waals surface area contributed by atoms with Gasteiger partial charge in [-0.1, -0.05) is 48.5 Å². The molecule has 0 saturated heterocycles. The average molecular weight is 428 g/mol. The van der Waals surface area contributed by atoms with Crippen LogP contribution in [0.4, 0.5) is 0 Å². The molecule has 1 amide bonds. The number of aromatic amines is 1. The molecule has 5 aromatic rings. The van der Waals surface area contributed by atoms with Crippen LogP contribution in [0.1, 0.15) is 21.6 Å². The Morgan fingerprint density at radius 2 is 1.65 bits per heavy atom. The molecule has 5 rings (SSSR count). The summed E-state index contributed by atoms with van der Waals surface area (Å²) in [6, 6.07) is 26.3. The van der Waals surface area contributed by atoms with Crippen LogP contribution in [0, 0.1) is 6.92 Å². The van der Waals surface area contributed by atoms with E-state index < -0.39 is 0 Å². The van der Waals surface area contributed by atoms with E-state index in [-0.39, 0.29) is 18.3 Å². The summed E-state index contributed by atoms with van der Waals surface area (Å²) in [4.78, 5) is 20.3. The Balaban J connectivity index is 0.00000231. The van der Waals surface area contributed by atoms with Crippen molar-refractivity contribution in [1.29, 1.82) is 0 Å². The molecule has 4 nitrogen and oxygen atoms in total. The molecule has 0 saturated carbocycles. The van der Waals surface area contributed by atoms with Crippen molar-refractivity contribution in [3.8, 4) is 11.1 Å². The van der Waals surface area contributed by atoms with Crippen LogP contribution in [0.25, 0.3) is 32.9 Å². The third kappa shape index (κ3) is 4.16. The topological polar surface area (TPSA) is 57.8 Å². The lowest BCUT2D eigenvalue weighted by molar-refractivity contribution is 0.0951. The number of aryl methyl sites for hydroxylation is 1. The minimum absolute atomic E-state index is 0. The van der Waals surface area contributed by atoms with Crippen molar-refractivity contribution in [2.75, 3.05) is 0 Å². The smallest absolute Gasteiger partial charge is 0.251 e. The van der Waals surface area contributed by atoms with E-state index in [0.717, 1.165) is 38.8 Å². The maximum atomic E-state index is 12.7. The zero-order valence-corrected chi connectivity index (χ0v) is 17.9. The molecule has 0 spiro atoms. The fraction of sp³-hybridized carbons (Fsp3) is 0.0769. The zero-order chi connectivity index (χ0) is 20.5. The minimum Gasteiger partial charge on any atom is -0.354 e. The summed E-state index contributed by atoms with van der Waals surface area (Å²) in [5, 5.41) is 5.32. The van der Waals surface area contributed by atoms with Gasteiger partial charge >= 0.3 is 0 Å². The van der Waals surface area contributed by atoms with E-state index in [1.165, 1.54) is 5.39 Å². The number of hydrogen-bond acceptors (Lipinski definition) is 2. The number of H-pyrrole nitrogens is 1. The second-order valence-corrected chi connectivity index (χ2v) is 7.50. The predicted octanol–water partition coefficient (Wildman–Crippen LogP) is 6.04. The number of amides is 1. The summed E-state index contributed by atoms with van der Waals surface area (Å²) in [5.41, 5.74) is 7.04. The van der Waals surface area contributed by atoms with Crippen LogP contribution < -0.4 is 5.32 Å². The summed E-state index contributed by atoms with van der Waals surface area (Å²) < 4.78 is 0. The van der Waals surface area contributed by atoms with E-state index in [1.807, 2.05) is 67.7 Å². The van der Waals surface area contributed by atoms with Crippen molar-refractivity contribution in [2.45, 2.75) is 13.5 Å². The zero-order valence-electron chi connectivity index (χ0n) is 17.1. The van der Waals surface area contributed by atoms with Gasteiger partial charge in [-0.15, -0.1) is 12.4 Å². The second kappa shape index (κ2) is 8.62. The first-order chi connectivity index (χ1) is 14.7. The van der Waals surface area contributed by atoms with Crippen molar-refractivity contribution in [3.05, 3.63) is 102 Å². The molecule has 0 unspecified atom stereocenters. The number of carbonyl (C=O) groups excluding carboxylic acids is 1. The van der Waals surface area contributed by atoms with Crippen LogP contribution in [0.2, 0.25) is 0 Å². The number of fused-ring (bicyclic) bond motifs is 3. The van der Waals surface area contributed by atoms with Gasteiger partial charge in [0.05, 0.1) is 0 Å². The van der Waals surface area contributed by atoms with E-state index in [1.54, 1.807) is 0 Å². The SMILES string of the molecule is Cc1cc(-c2ccc(CNC(=O)c3ccc4c(c3)[nH]c3ccccc34)cc2)ccn1.Cl. The standard InChI is InChI=1S/C26H21N3O.ClH/c1-17-14-20(12-13-27-17)19-8-6-18(7-9-19)16-28-26(30)21-10-11-23-22-4-2-3-5-24(22)29-25(23)15-21;/h2-15,29H,16H2,1H3,(H,28,30);1H. The molecule has 0 aliphatic rings. The highest BCUT2D eigenvalue weighted by atomic mass is 35.5. The van der Waals surface area contributed by atoms with Crippen molar-refractivity contribution < 1.29 is 4.79 Å². The molecule has 5 heteroatoms. The third-order valence-corrected chi connectivity index (χ3v) is 5.41. The lowest BCUT2D eigenvalue weighted by Gasteiger charge is -2.08. The van der Waals surface area contributed by atoms with Gasteiger partial charge in [0.15, 0.2) is 0 Å². The maximum absolute atomic E-state index is 12.7. The molecular weight excluding hydrogens is 406 g/mol. The summed E-state index contributed by atoms with van der Waals surface area (Å²) in [6.07, 6.45) is 1.82. The van der Waals surface area contributed by atoms with Crippen molar-refractivity contribution in [3.63, 3.8) is 0 Å². The first-order valence-electron chi connectivity index (χ1n) is 9.98. The van der Waals surface area contributed by atoms with Gasteiger partial charge in [0.2, 0.25) is 0 Å². The van der Waals surface area contributed by atoms with Gasteiger partial charge in [0.1, 0.15) is 0 Å². The number of pyridine rings is 1. The number of rotatable bonds is 4. The summed E-state index contributed by atoms with van der Waals surface area (Å²) in [7, 11) is 0. The van der Waals surface area contributed by atoms with Gasteiger partial charge in [0, 0.05) is 45.8 Å². The molecule has 2 aromatic heterocycles. The van der Waals surface area contributed by atoms with Crippen LogP contribution in [0.15, 0.2) is 85.1 Å².